The standard InChI is InChI=1S/C14H20N4O3/c1-9(2)18-12-10(11(16-18)13(15)20)5-7-17(14(12)21)6-3-4-8-19/h19H,1,3-8H2,2H3,(H2,15,20). The SMILES string of the molecule is C=C(C)n1nc(C(N)=O)c2c1C(=O)N(CCCCO)CC2. The van der Waals surface area contributed by atoms with Gasteiger partial charge >= 0.3 is 0 Å². The van der Waals surface area contributed by atoms with E-state index in [4.69, 9.17) is 10.8 Å². The topological polar surface area (TPSA) is 101 Å². The summed E-state index contributed by atoms with van der Waals surface area (Å²) in [7, 11) is 0. The number of carbonyl (C=O) groups excluding carboxylic acids is 2. The first-order valence-electron chi connectivity index (χ1n) is 6.95. The van der Waals surface area contributed by atoms with Crippen molar-refractivity contribution in [2.75, 3.05) is 19.7 Å². The van der Waals surface area contributed by atoms with Crippen molar-refractivity contribution in [2.45, 2.75) is 26.2 Å². The maximum atomic E-state index is 12.6. The molecule has 7 heteroatoms. The van der Waals surface area contributed by atoms with Gasteiger partial charge in [-0.3, -0.25) is 9.59 Å². The Morgan fingerprint density at radius 1 is 1.48 bits per heavy atom. The van der Waals surface area contributed by atoms with Crippen LogP contribution in [-0.4, -0.2) is 51.3 Å². The first kappa shape index (κ1) is 15.2. The highest BCUT2D eigenvalue weighted by Crippen LogP contribution is 2.24. The van der Waals surface area contributed by atoms with Gasteiger partial charge in [0.15, 0.2) is 5.69 Å². The Labute approximate surface area is 123 Å². The van der Waals surface area contributed by atoms with Gasteiger partial charge in [0.25, 0.3) is 11.8 Å². The Morgan fingerprint density at radius 2 is 2.19 bits per heavy atom. The quantitative estimate of drug-likeness (QED) is 0.733. The van der Waals surface area contributed by atoms with E-state index < -0.39 is 5.91 Å². The number of nitrogens with zero attached hydrogens (tertiary/aromatic N) is 3. The smallest absolute Gasteiger partial charge is 0.272 e. The summed E-state index contributed by atoms with van der Waals surface area (Å²) in [5, 5.41) is 12.9. The Kier molecular flexibility index (Phi) is 4.42. The summed E-state index contributed by atoms with van der Waals surface area (Å²) in [6.45, 7) is 6.72. The average Bonchev–Trinajstić information content (AvgIpc) is 2.82. The van der Waals surface area contributed by atoms with Gasteiger partial charge in [-0.25, -0.2) is 4.68 Å². The van der Waals surface area contributed by atoms with Crippen LogP contribution in [0.25, 0.3) is 5.70 Å². The molecule has 21 heavy (non-hydrogen) atoms. The number of aromatic nitrogens is 2. The van der Waals surface area contributed by atoms with Crippen LogP contribution < -0.4 is 5.73 Å². The number of hydrogen-bond acceptors (Lipinski definition) is 4. The molecule has 2 rings (SSSR count). The monoisotopic (exact) mass is 292 g/mol. The normalized spacial score (nSPS) is 14.2. The van der Waals surface area contributed by atoms with Gasteiger partial charge in [-0.05, 0) is 26.2 Å². The van der Waals surface area contributed by atoms with E-state index >= 15 is 0 Å². The van der Waals surface area contributed by atoms with Crippen LogP contribution in [0.1, 0.15) is 46.3 Å². The van der Waals surface area contributed by atoms with Gasteiger partial charge in [0.1, 0.15) is 5.69 Å². The maximum Gasteiger partial charge on any atom is 0.272 e. The molecular formula is C14H20N4O3. The lowest BCUT2D eigenvalue weighted by molar-refractivity contribution is 0.0724. The van der Waals surface area contributed by atoms with E-state index in [1.807, 2.05) is 0 Å². The van der Waals surface area contributed by atoms with Crippen LogP contribution in [0, 0.1) is 0 Å². The zero-order valence-electron chi connectivity index (χ0n) is 12.1. The fourth-order valence-electron chi connectivity index (χ4n) is 2.51. The largest absolute Gasteiger partial charge is 0.396 e. The third-order valence-electron chi connectivity index (χ3n) is 3.54. The number of unbranched alkanes of at least 4 members (excludes halogenated alkanes) is 1. The number of allylic oxidation sites excluding steroid dienone is 1. The Bertz CT molecular complexity index is 591. The summed E-state index contributed by atoms with van der Waals surface area (Å²) in [6.07, 6.45) is 1.94. The highest BCUT2D eigenvalue weighted by atomic mass is 16.3. The van der Waals surface area contributed by atoms with Gasteiger partial charge in [-0.1, -0.05) is 6.58 Å². The number of aliphatic hydroxyl groups is 1. The summed E-state index contributed by atoms with van der Waals surface area (Å²) >= 11 is 0. The second-order valence-electron chi connectivity index (χ2n) is 5.16. The highest BCUT2D eigenvalue weighted by molar-refractivity contribution is 6.01. The second kappa shape index (κ2) is 6.09. The third kappa shape index (κ3) is 2.82. The van der Waals surface area contributed by atoms with Crippen molar-refractivity contribution >= 4 is 17.5 Å². The molecule has 1 aromatic rings. The van der Waals surface area contributed by atoms with Crippen LogP contribution in [0.5, 0.6) is 0 Å². The summed E-state index contributed by atoms with van der Waals surface area (Å²) < 4.78 is 1.40. The van der Waals surface area contributed by atoms with Gasteiger partial charge in [0.2, 0.25) is 0 Å². The van der Waals surface area contributed by atoms with Gasteiger partial charge in [0.05, 0.1) is 0 Å². The molecule has 0 unspecified atom stereocenters. The van der Waals surface area contributed by atoms with Crippen LogP contribution in [0.4, 0.5) is 0 Å². The fraction of sp³-hybridized carbons (Fsp3) is 0.500. The molecule has 2 amide bonds. The minimum Gasteiger partial charge on any atom is -0.396 e. The van der Waals surface area contributed by atoms with Crippen molar-refractivity contribution in [1.82, 2.24) is 14.7 Å². The number of hydrogen-bond donors (Lipinski definition) is 2. The molecule has 7 nitrogen and oxygen atoms in total. The molecule has 1 aliphatic rings. The van der Waals surface area contributed by atoms with Crippen molar-refractivity contribution in [3.05, 3.63) is 23.5 Å². The van der Waals surface area contributed by atoms with Gasteiger partial charge in [0, 0.05) is 31.0 Å². The van der Waals surface area contributed by atoms with E-state index in [0.29, 0.717) is 42.9 Å². The van der Waals surface area contributed by atoms with Crippen LogP contribution in [0.15, 0.2) is 6.58 Å². The van der Waals surface area contributed by atoms with Gasteiger partial charge in [-0.15, -0.1) is 0 Å². The molecule has 0 saturated carbocycles. The van der Waals surface area contributed by atoms with Gasteiger partial charge < -0.3 is 15.7 Å². The Balaban J connectivity index is 2.35. The van der Waals surface area contributed by atoms with E-state index in [1.165, 1.54) is 4.68 Å². The lowest BCUT2D eigenvalue weighted by atomic mass is 10.0. The van der Waals surface area contributed by atoms with E-state index in [9.17, 15) is 9.59 Å². The molecular weight excluding hydrogens is 272 g/mol. The van der Waals surface area contributed by atoms with E-state index in [0.717, 1.165) is 6.42 Å². The van der Waals surface area contributed by atoms with E-state index in [-0.39, 0.29) is 18.2 Å². The fourth-order valence-corrected chi connectivity index (χ4v) is 2.51. The molecule has 2 heterocycles. The predicted molar refractivity (Wildman–Crippen MR) is 77.7 cm³/mol. The van der Waals surface area contributed by atoms with E-state index in [1.54, 1.807) is 11.8 Å². The zero-order chi connectivity index (χ0) is 15.6. The second-order valence-corrected chi connectivity index (χ2v) is 5.16. The van der Waals surface area contributed by atoms with E-state index in [2.05, 4.69) is 11.7 Å². The minimum atomic E-state index is -0.632. The summed E-state index contributed by atoms with van der Waals surface area (Å²) in [4.78, 5) is 25.8. The van der Waals surface area contributed by atoms with Gasteiger partial charge in [-0.2, -0.15) is 5.10 Å². The minimum absolute atomic E-state index is 0.114. The van der Waals surface area contributed by atoms with Crippen molar-refractivity contribution < 1.29 is 14.7 Å². The van der Waals surface area contributed by atoms with Crippen LogP contribution >= 0.6 is 0 Å². The van der Waals surface area contributed by atoms with Crippen molar-refractivity contribution in [3.63, 3.8) is 0 Å². The molecule has 3 N–H and O–H groups in total. The average molecular weight is 292 g/mol. The van der Waals surface area contributed by atoms with Crippen molar-refractivity contribution in [2.24, 2.45) is 5.73 Å². The molecule has 0 spiro atoms. The van der Waals surface area contributed by atoms with Crippen molar-refractivity contribution in [3.8, 4) is 0 Å². The molecule has 0 saturated heterocycles. The number of primary amides is 1. The number of amides is 2. The Hall–Kier alpha value is -2.15. The van der Waals surface area contributed by atoms with Crippen LogP contribution in [0.2, 0.25) is 0 Å². The molecule has 0 aromatic carbocycles. The van der Waals surface area contributed by atoms with Crippen LogP contribution in [-0.2, 0) is 6.42 Å². The summed E-state index contributed by atoms with van der Waals surface area (Å²) in [5.74, 6) is -0.801. The lowest BCUT2D eigenvalue weighted by Gasteiger charge is -2.27. The summed E-state index contributed by atoms with van der Waals surface area (Å²) in [5.41, 5.74) is 7.03. The third-order valence-corrected chi connectivity index (χ3v) is 3.54. The summed E-state index contributed by atoms with van der Waals surface area (Å²) in [6, 6.07) is 0. The first-order chi connectivity index (χ1) is 9.97. The molecule has 0 atom stereocenters. The molecule has 0 fully saturated rings. The molecule has 1 aliphatic heterocycles. The lowest BCUT2D eigenvalue weighted by Crippen LogP contribution is -2.39. The molecule has 0 bridgehead atoms. The molecule has 114 valence electrons. The first-order valence-corrected chi connectivity index (χ1v) is 6.95. The molecule has 1 aromatic heterocycles. The number of aliphatic hydroxyl groups excluding tert-OH is 1. The van der Waals surface area contributed by atoms with Crippen LogP contribution in [0.3, 0.4) is 0 Å². The molecule has 0 aliphatic carbocycles. The Morgan fingerprint density at radius 3 is 2.76 bits per heavy atom. The maximum absolute atomic E-state index is 12.6. The zero-order valence-corrected chi connectivity index (χ0v) is 12.1. The highest BCUT2D eigenvalue weighted by Gasteiger charge is 2.33. The predicted octanol–water partition coefficient (Wildman–Crippen LogP) is 0.243. The molecule has 0 radical (unpaired) electrons. The number of carbonyl (C=O) groups is 2. The number of fused-ring (bicyclic) bond motifs is 1. The number of rotatable bonds is 6. The van der Waals surface area contributed by atoms with Crippen molar-refractivity contribution in [1.29, 1.82) is 0 Å². The number of nitrogens with two attached hydrogens (primary N) is 1.